The van der Waals surface area contributed by atoms with Crippen molar-refractivity contribution in [2.45, 2.75) is 6.61 Å². The molecule has 0 aliphatic heterocycles. The molecule has 10 heavy (non-hydrogen) atoms. The van der Waals surface area contributed by atoms with Crippen molar-refractivity contribution in [1.82, 2.24) is 4.98 Å². The Hall–Kier alpha value is -0.460. The zero-order chi connectivity index (χ0) is 7.40. The summed E-state index contributed by atoms with van der Waals surface area (Å²) in [6, 6.07) is 3.85. The van der Waals surface area contributed by atoms with E-state index in [2.05, 4.69) is 11.6 Å². The van der Waals surface area contributed by atoms with Crippen LogP contribution in [0.2, 0.25) is 0 Å². The summed E-state index contributed by atoms with van der Waals surface area (Å²) >= 11 is 0. The third-order valence-corrected chi connectivity index (χ3v) is 2.15. The van der Waals surface area contributed by atoms with Crippen LogP contribution in [0.25, 0.3) is 0 Å². The van der Waals surface area contributed by atoms with Crippen molar-refractivity contribution in [2.24, 2.45) is 0 Å². The SMILES string of the molecule is CPc1ccc(CO)nc1. The number of aromatic nitrogens is 1. The largest absolute Gasteiger partial charge is 0.390 e. The fourth-order valence-corrected chi connectivity index (χ4v) is 1.11. The van der Waals surface area contributed by atoms with E-state index in [0.717, 1.165) is 14.3 Å². The third-order valence-electron chi connectivity index (χ3n) is 1.28. The van der Waals surface area contributed by atoms with Crippen molar-refractivity contribution in [1.29, 1.82) is 0 Å². The summed E-state index contributed by atoms with van der Waals surface area (Å²) in [5.41, 5.74) is 0.738. The molecule has 1 heterocycles. The summed E-state index contributed by atoms with van der Waals surface area (Å²) in [4.78, 5) is 4.02. The van der Waals surface area contributed by atoms with E-state index in [9.17, 15) is 0 Å². The summed E-state index contributed by atoms with van der Waals surface area (Å²) in [6.45, 7) is 2.14. The minimum absolute atomic E-state index is 0.0348. The quantitative estimate of drug-likeness (QED) is 0.631. The standard InChI is InChI=1S/C7H10NOP/c1-10-7-3-2-6(5-9)8-4-7/h2-4,9-10H,5H2,1H3. The first-order valence-corrected chi connectivity index (χ1v) is 4.60. The second-order valence-electron chi connectivity index (χ2n) is 1.95. The Morgan fingerprint density at radius 2 is 2.40 bits per heavy atom. The van der Waals surface area contributed by atoms with Crippen LogP contribution in [0.1, 0.15) is 5.69 Å². The van der Waals surface area contributed by atoms with Crippen LogP contribution in [-0.2, 0) is 6.61 Å². The molecule has 0 aliphatic carbocycles. The molecule has 54 valence electrons. The van der Waals surface area contributed by atoms with Gasteiger partial charge in [-0.25, -0.2) is 0 Å². The predicted octanol–water partition coefficient (Wildman–Crippen LogP) is 0.507. The maximum atomic E-state index is 8.64. The highest BCUT2D eigenvalue weighted by molar-refractivity contribution is 7.46. The molecule has 3 heteroatoms. The van der Waals surface area contributed by atoms with Crippen LogP contribution in [0.15, 0.2) is 18.3 Å². The zero-order valence-corrected chi connectivity index (χ0v) is 6.83. The first-order valence-electron chi connectivity index (χ1n) is 3.10. The highest BCUT2D eigenvalue weighted by atomic mass is 31.1. The van der Waals surface area contributed by atoms with E-state index in [-0.39, 0.29) is 6.61 Å². The summed E-state index contributed by atoms with van der Waals surface area (Å²) in [7, 11) is 0.784. The number of hydrogen-bond acceptors (Lipinski definition) is 2. The minimum atomic E-state index is 0.0348. The first kappa shape index (κ1) is 7.64. The van der Waals surface area contributed by atoms with Gasteiger partial charge in [-0.05, 0) is 18.0 Å². The molecule has 1 unspecified atom stereocenters. The van der Waals surface area contributed by atoms with Crippen molar-refractivity contribution in [3.8, 4) is 0 Å². The van der Waals surface area contributed by atoms with Gasteiger partial charge in [0.25, 0.3) is 0 Å². The summed E-state index contributed by atoms with van der Waals surface area (Å²) in [6.07, 6.45) is 1.81. The van der Waals surface area contributed by atoms with Crippen LogP contribution in [-0.4, -0.2) is 16.8 Å². The number of aliphatic hydroxyl groups excluding tert-OH is 1. The predicted molar refractivity (Wildman–Crippen MR) is 44.0 cm³/mol. The van der Waals surface area contributed by atoms with E-state index < -0.39 is 0 Å². The van der Waals surface area contributed by atoms with Gasteiger partial charge in [0, 0.05) is 6.20 Å². The fourth-order valence-electron chi connectivity index (χ4n) is 0.666. The summed E-state index contributed by atoms with van der Waals surface area (Å²) < 4.78 is 0. The van der Waals surface area contributed by atoms with Gasteiger partial charge in [0.05, 0.1) is 12.3 Å². The van der Waals surface area contributed by atoms with Gasteiger partial charge in [0.1, 0.15) is 0 Å². The van der Waals surface area contributed by atoms with E-state index in [1.807, 2.05) is 18.3 Å². The maximum absolute atomic E-state index is 8.64. The second-order valence-corrected chi connectivity index (χ2v) is 3.02. The molecular weight excluding hydrogens is 145 g/mol. The lowest BCUT2D eigenvalue weighted by atomic mass is 10.4. The maximum Gasteiger partial charge on any atom is 0.0852 e. The van der Waals surface area contributed by atoms with Crippen molar-refractivity contribution in [3.63, 3.8) is 0 Å². The van der Waals surface area contributed by atoms with E-state index in [4.69, 9.17) is 5.11 Å². The van der Waals surface area contributed by atoms with Crippen molar-refractivity contribution < 1.29 is 5.11 Å². The van der Waals surface area contributed by atoms with Gasteiger partial charge in [-0.1, -0.05) is 14.6 Å². The second kappa shape index (κ2) is 3.65. The number of hydrogen-bond donors (Lipinski definition) is 1. The Morgan fingerprint density at radius 1 is 1.60 bits per heavy atom. The molecule has 0 saturated heterocycles. The smallest absolute Gasteiger partial charge is 0.0852 e. The van der Waals surface area contributed by atoms with Crippen LogP contribution < -0.4 is 5.30 Å². The lowest BCUT2D eigenvalue weighted by molar-refractivity contribution is 0.277. The molecule has 0 spiro atoms. The minimum Gasteiger partial charge on any atom is -0.390 e. The van der Waals surface area contributed by atoms with Gasteiger partial charge < -0.3 is 5.11 Å². The lowest BCUT2D eigenvalue weighted by Gasteiger charge is -1.96. The van der Waals surface area contributed by atoms with E-state index in [1.54, 1.807) is 0 Å². The normalized spacial score (nSPS) is 11.0. The average Bonchev–Trinajstić information content (AvgIpc) is 2.05. The molecule has 0 amide bonds. The van der Waals surface area contributed by atoms with E-state index >= 15 is 0 Å². The topological polar surface area (TPSA) is 33.1 Å². The summed E-state index contributed by atoms with van der Waals surface area (Å²) in [5, 5.41) is 9.87. The zero-order valence-electron chi connectivity index (χ0n) is 5.83. The van der Waals surface area contributed by atoms with Crippen LogP contribution in [0.5, 0.6) is 0 Å². The molecule has 0 radical (unpaired) electrons. The molecule has 0 aliphatic rings. The van der Waals surface area contributed by atoms with E-state index in [0.29, 0.717) is 0 Å². The average molecular weight is 155 g/mol. The molecule has 1 aromatic heterocycles. The number of aliphatic hydroxyl groups is 1. The molecule has 1 atom stereocenters. The Bertz CT molecular complexity index is 174. The van der Waals surface area contributed by atoms with Crippen molar-refractivity contribution in [2.75, 3.05) is 6.66 Å². The Balaban J connectivity index is 2.80. The van der Waals surface area contributed by atoms with Crippen LogP contribution in [0.4, 0.5) is 0 Å². The first-order chi connectivity index (χ1) is 4.86. The van der Waals surface area contributed by atoms with Gasteiger partial charge >= 0.3 is 0 Å². The number of pyridine rings is 1. The molecule has 0 aromatic carbocycles. The fraction of sp³-hybridized carbons (Fsp3) is 0.286. The third kappa shape index (κ3) is 1.76. The highest BCUT2D eigenvalue weighted by Crippen LogP contribution is 2.02. The molecule has 1 aromatic rings. The monoisotopic (exact) mass is 155 g/mol. The van der Waals surface area contributed by atoms with Gasteiger partial charge in [0.2, 0.25) is 0 Å². The lowest BCUT2D eigenvalue weighted by Crippen LogP contribution is -1.97. The Morgan fingerprint density at radius 3 is 2.80 bits per heavy atom. The molecule has 0 fully saturated rings. The van der Waals surface area contributed by atoms with Gasteiger partial charge in [-0.3, -0.25) is 4.98 Å². The summed E-state index contributed by atoms with van der Waals surface area (Å²) in [5.74, 6) is 0. The molecule has 2 nitrogen and oxygen atoms in total. The Labute approximate surface area is 62.1 Å². The van der Waals surface area contributed by atoms with Gasteiger partial charge in [-0.2, -0.15) is 0 Å². The highest BCUT2D eigenvalue weighted by Gasteiger charge is 1.90. The van der Waals surface area contributed by atoms with Crippen LogP contribution >= 0.6 is 8.58 Å². The number of nitrogens with zero attached hydrogens (tertiary/aromatic N) is 1. The van der Waals surface area contributed by atoms with Crippen molar-refractivity contribution >= 4 is 13.9 Å². The van der Waals surface area contributed by atoms with E-state index in [1.165, 1.54) is 5.30 Å². The van der Waals surface area contributed by atoms with Crippen LogP contribution in [0.3, 0.4) is 0 Å². The van der Waals surface area contributed by atoms with Gasteiger partial charge in [-0.15, -0.1) is 0 Å². The van der Waals surface area contributed by atoms with Gasteiger partial charge in [0.15, 0.2) is 0 Å². The Kier molecular flexibility index (Phi) is 2.79. The molecular formula is C7H10NOP. The molecule has 1 rings (SSSR count). The number of rotatable bonds is 2. The molecule has 0 saturated carbocycles. The molecule has 1 N–H and O–H groups in total. The molecule has 0 bridgehead atoms. The van der Waals surface area contributed by atoms with Crippen molar-refractivity contribution in [3.05, 3.63) is 24.0 Å². The van der Waals surface area contributed by atoms with Crippen LogP contribution in [0, 0.1) is 0 Å².